The first-order valence-corrected chi connectivity index (χ1v) is 14.3. The molecule has 7 nitrogen and oxygen atoms in total. The Morgan fingerprint density at radius 3 is 2.24 bits per heavy atom. The lowest BCUT2D eigenvalue weighted by Gasteiger charge is -2.33. The van der Waals surface area contributed by atoms with Crippen LogP contribution in [0.15, 0.2) is 72.8 Å². The first kappa shape index (κ1) is 29.1. The second-order valence-electron chi connectivity index (χ2n) is 8.98. The van der Waals surface area contributed by atoms with Crippen LogP contribution in [0.25, 0.3) is 0 Å². The average Bonchev–Trinajstić information content (AvgIpc) is 2.87. The number of likely N-dealkylation sites (N-methyl/N-ethyl adjacent to an activating group) is 1. The molecule has 1 atom stereocenters. The molecule has 0 fully saturated rings. The van der Waals surface area contributed by atoms with Crippen molar-refractivity contribution in [3.8, 4) is 0 Å². The summed E-state index contributed by atoms with van der Waals surface area (Å²) in [5.41, 5.74) is 2.70. The highest BCUT2D eigenvalue weighted by atomic mass is 35.5. The van der Waals surface area contributed by atoms with Crippen LogP contribution < -0.4 is 9.62 Å². The Hall–Kier alpha value is -3.43. The second-order valence-corrected chi connectivity index (χ2v) is 11.3. The molecular weight excluding hydrogens is 529 g/mol. The van der Waals surface area contributed by atoms with Gasteiger partial charge < -0.3 is 10.2 Å². The van der Waals surface area contributed by atoms with Crippen LogP contribution >= 0.6 is 11.6 Å². The molecule has 0 aliphatic rings. The first-order chi connectivity index (χ1) is 18.0. The molecule has 3 rings (SSSR count). The summed E-state index contributed by atoms with van der Waals surface area (Å²) < 4.78 is 40.1. The van der Waals surface area contributed by atoms with Crippen molar-refractivity contribution < 1.29 is 22.4 Å². The summed E-state index contributed by atoms with van der Waals surface area (Å²) in [6.07, 6.45) is 1.18. The third-order valence-corrected chi connectivity index (χ3v) is 7.40. The maximum absolute atomic E-state index is 13.9. The van der Waals surface area contributed by atoms with E-state index in [1.165, 1.54) is 11.0 Å². The Morgan fingerprint density at radius 1 is 1.00 bits per heavy atom. The smallest absolute Gasteiger partial charge is 0.244 e. The maximum Gasteiger partial charge on any atom is 0.244 e. The van der Waals surface area contributed by atoms with Gasteiger partial charge in [0.1, 0.15) is 18.4 Å². The first-order valence-electron chi connectivity index (χ1n) is 12.1. The zero-order valence-corrected chi connectivity index (χ0v) is 23.1. The van der Waals surface area contributed by atoms with E-state index in [4.69, 9.17) is 11.6 Å². The predicted molar refractivity (Wildman–Crippen MR) is 148 cm³/mol. The molecule has 0 heterocycles. The minimum Gasteiger partial charge on any atom is -0.355 e. The molecule has 1 N–H and O–H groups in total. The number of aryl methyl sites for hydroxylation is 1. The predicted octanol–water partition coefficient (Wildman–Crippen LogP) is 4.33. The third-order valence-electron chi connectivity index (χ3n) is 5.97. The lowest BCUT2D eigenvalue weighted by molar-refractivity contribution is -0.140. The lowest BCUT2D eigenvalue weighted by atomic mass is 10.0. The highest BCUT2D eigenvalue weighted by Crippen LogP contribution is 2.25. The topological polar surface area (TPSA) is 86.8 Å². The van der Waals surface area contributed by atoms with E-state index in [9.17, 15) is 22.4 Å². The van der Waals surface area contributed by atoms with E-state index in [1.54, 1.807) is 6.92 Å². The molecule has 38 heavy (non-hydrogen) atoms. The molecule has 1 unspecified atom stereocenters. The van der Waals surface area contributed by atoms with E-state index in [1.807, 2.05) is 61.5 Å². The van der Waals surface area contributed by atoms with Gasteiger partial charge in [0.05, 0.1) is 17.0 Å². The van der Waals surface area contributed by atoms with Gasteiger partial charge in [-0.3, -0.25) is 13.9 Å². The van der Waals surface area contributed by atoms with Crippen LogP contribution in [0.4, 0.5) is 10.1 Å². The van der Waals surface area contributed by atoms with E-state index in [-0.39, 0.29) is 29.6 Å². The van der Waals surface area contributed by atoms with E-state index in [0.717, 1.165) is 39.4 Å². The Morgan fingerprint density at radius 2 is 1.66 bits per heavy atom. The summed E-state index contributed by atoms with van der Waals surface area (Å²) in [7, 11) is -3.97. The van der Waals surface area contributed by atoms with Crippen molar-refractivity contribution in [3.05, 3.63) is 100 Å². The highest BCUT2D eigenvalue weighted by molar-refractivity contribution is 7.92. The SMILES string of the molecule is CCNC(=O)C(Cc1ccccc1)N(Cc1ccc(C)cc1)C(=O)CN(c1ccc(F)c(Cl)c1)S(C)(=O)=O. The van der Waals surface area contributed by atoms with Gasteiger partial charge in [0.2, 0.25) is 21.8 Å². The Kier molecular flexibility index (Phi) is 9.88. The molecule has 10 heteroatoms. The van der Waals surface area contributed by atoms with Crippen molar-refractivity contribution in [3.63, 3.8) is 0 Å². The fourth-order valence-corrected chi connectivity index (χ4v) is 5.01. The van der Waals surface area contributed by atoms with Crippen LogP contribution in [0.2, 0.25) is 5.02 Å². The largest absolute Gasteiger partial charge is 0.355 e. The summed E-state index contributed by atoms with van der Waals surface area (Å²) >= 11 is 5.90. The van der Waals surface area contributed by atoms with Crippen molar-refractivity contribution in [2.24, 2.45) is 0 Å². The molecular formula is C28H31ClFN3O4S. The molecule has 0 bridgehead atoms. The van der Waals surface area contributed by atoms with Gasteiger partial charge in [-0.1, -0.05) is 71.8 Å². The highest BCUT2D eigenvalue weighted by Gasteiger charge is 2.33. The molecule has 0 aromatic heterocycles. The Balaban J connectivity index is 2.04. The van der Waals surface area contributed by atoms with Gasteiger partial charge in [-0.15, -0.1) is 0 Å². The number of hydrogen-bond acceptors (Lipinski definition) is 4. The van der Waals surface area contributed by atoms with Crippen molar-refractivity contribution in [2.45, 2.75) is 32.9 Å². The summed E-state index contributed by atoms with van der Waals surface area (Å²) in [4.78, 5) is 28.5. The second kappa shape index (κ2) is 12.9. The van der Waals surface area contributed by atoms with E-state index >= 15 is 0 Å². The molecule has 0 aliphatic heterocycles. The normalized spacial score (nSPS) is 12.0. The fraction of sp³-hybridized carbons (Fsp3) is 0.286. The van der Waals surface area contributed by atoms with Crippen LogP contribution in [0.1, 0.15) is 23.6 Å². The molecule has 0 spiro atoms. The van der Waals surface area contributed by atoms with Crippen molar-refractivity contribution in [1.82, 2.24) is 10.2 Å². The number of nitrogens with one attached hydrogen (secondary N) is 1. The number of carbonyl (C=O) groups is 2. The summed E-state index contributed by atoms with van der Waals surface area (Å²) in [5, 5.41) is 2.53. The number of nitrogens with zero attached hydrogens (tertiary/aromatic N) is 2. The van der Waals surface area contributed by atoms with Gasteiger partial charge in [-0.2, -0.15) is 0 Å². The standard InChI is InChI=1S/C28H31ClFN3O4S/c1-4-31-28(35)26(16-21-8-6-5-7-9-21)32(18-22-12-10-20(2)11-13-22)27(34)19-33(38(3,36)37)23-14-15-25(30)24(29)17-23/h5-15,17,26H,4,16,18-19H2,1-3H3,(H,31,35). The quantitative estimate of drug-likeness (QED) is 0.379. The summed E-state index contributed by atoms with van der Waals surface area (Å²) in [6.45, 7) is 3.57. The third kappa shape index (κ3) is 7.79. The number of hydrogen-bond donors (Lipinski definition) is 1. The Bertz CT molecular complexity index is 1370. The van der Waals surface area contributed by atoms with Gasteiger partial charge in [0.25, 0.3) is 0 Å². The molecule has 0 saturated carbocycles. The van der Waals surface area contributed by atoms with Crippen LogP contribution in [0, 0.1) is 12.7 Å². The van der Waals surface area contributed by atoms with Crippen LogP contribution in [-0.2, 0) is 32.6 Å². The number of benzene rings is 3. The van der Waals surface area contributed by atoms with Crippen LogP contribution in [0.3, 0.4) is 0 Å². The number of anilines is 1. The molecule has 2 amide bonds. The number of carbonyl (C=O) groups excluding carboxylic acids is 2. The van der Waals surface area contributed by atoms with Crippen LogP contribution in [-0.4, -0.2) is 50.5 Å². The minimum atomic E-state index is -3.97. The van der Waals surface area contributed by atoms with E-state index < -0.39 is 34.3 Å². The van der Waals surface area contributed by atoms with Gasteiger partial charge in [0, 0.05) is 19.5 Å². The summed E-state index contributed by atoms with van der Waals surface area (Å²) in [6, 6.07) is 19.3. The zero-order valence-electron chi connectivity index (χ0n) is 21.5. The molecule has 3 aromatic carbocycles. The minimum absolute atomic E-state index is 0.0418. The lowest BCUT2D eigenvalue weighted by Crippen LogP contribution is -2.53. The number of halogens is 2. The van der Waals surface area contributed by atoms with Crippen molar-refractivity contribution in [2.75, 3.05) is 23.7 Å². The molecule has 0 aliphatic carbocycles. The number of amides is 2. The summed E-state index contributed by atoms with van der Waals surface area (Å²) in [5.74, 6) is -1.66. The monoisotopic (exact) mass is 559 g/mol. The van der Waals surface area contributed by atoms with Crippen molar-refractivity contribution in [1.29, 1.82) is 0 Å². The van der Waals surface area contributed by atoms with Crippen molar-refractivity contribution >= 4 is 39.1 Å². The molecule has 3 aromatic rings. The van der Waals surface area contributed by atoms with Gasteiger partial charge in [-0.05, 0) is 43.2 Å². The number of sulfonamides is 1. The fourth-order valence-electron chi connectivity index (χ4n) is 3.99. The zero-order chi connectivity index (χ0) is 27.9. The van der Waals surface area contributed by atoms with Crippen LogP contribution in [0.5, 0.6) is 0 Å². The maximum atomic E-state index is 13.9. The van der Waals surface area contributed by atoms with Gasteiger partial charge in [-0.25, -0.2) is 12.8 Å². The van der Waals surface area contributed by atoms with E-state index in [0.29, 0.717) is 6.54 Å². The molecule has 202 valence electrons. The number of rotatable bonds is 11. The van der Waals surface area contributed by atoms with Gasteiger partial charge in [0.15, 0.2) is 0 Å². The molecule has 0 saturated heterocycles. The van der Waals surface area contributed by atoms with Gasteiger partial charge >= 0.3 is 0 Å². The Labute approximate surface area is 228 Å². The molecule has 0 radical (unpaired) electrons. The van der Waals surface area contributed by atoms with E-state index in [2.05, 4.69) is 5.32 Å². The average molecular weight is 560 g/mol.